The Kier molecular flexibility index (Phi) is 5.26. The van der Waals surface area contributed by atoms with Gasteiger partial charge in [-0.05, 0) is 29.8 Å². The number of ether oxygens (including phenoxy) is 2. The molecule has 0 amide bonds. The largest absolute Gasteiger partial charge is 0.493 e. The molecule has 0 aliphatic carbocycles. The molecule has 6 heteroatoms. The van der Waals surface area contributed by atoms with Crippen LogP contribution in [0, 0.1) is 0 Å². The van der Waals surface area contributed by atoms with E-state index in [1.807, 2.05) is 66.7 Å². The summed E-state index contributed by atoms with van der Waals surface area (Å²) in [6.07, 6.45) is 1.51. The number of nitrogens with one attached hydrogen (secondary N) is 1. The number of hydrogen-bond donors (Lipinski definition) is 1. The van der Waals surface area contributed by atoms with Crippen LogP contribution >= 0.6 is 11.6 Å². The fourth-order valence-electron chi connectivity index (χ4n) is 2.87. The van der Waals surface area contributed by atoms with E-state index in [0.717, 1.165) is 22.2 Å². The average molecular weight is 392 g/mol. The lowest BCUT2D eigenvalue weighted by Gasteiger charge is -2.14. The smallest absolute Gasteiger partial charge is 0.162 e. The normalized spacial score (nSPS) is 10.6. The predicted molar refractivity (Wildman–Crippen MR) is 112 cm³/mol. The molecule has 5 nitrogen and oxygen atoms in total. The molecule has 0 saturated heterocycles. The zero-order chi connectivity index (χ0) is 19.3. The molecule has 1 N–H and O–H groups in total. The van der Waals surface area contributed by atoms with Crippen molar-refractivity contribution in [3.8, 4) is 11.5 Å². The molecule has 3 aromatic carbocycles. The highest BCUT2D eigenvalue weighted by Gasteiger charge is 2.12. The topological polar surface area (TPSA) is 56.3 Å². The minimum absolute atomic E-state index is 0.438. The van der Waals surface area contributed by atoms with Crippen molar-refractivity contribution in [2.75, 3.05) is 12.4 Å². The average Bonchev–Trinajstić information content (AvgIpc) is 2.72. The Hall–Kier alpha value is -3.31. The van der Waals surface area contributed by atoms with Crippen molar-refractivity contribution in [3.63, 3.8) is 0 Å². The van der Waals surface area contributed by atoms with Gasteiger partial charge < -0.3 is 14.8 Å². The van der Waals surface area contributed by atoms with E-state index in [1.54, 1.807) is 7.11 Å². The van der Waals surface area contributed by atoms with E-state index in [-0.39, 0.29) is 0 Å². The highest BCUT2D eigenvalue weighted by Crippen LogP contribution is 2.35. The molecule has 0 aliphatic heterocycles. The van der Waals surface area contributed by atoms with Crippen molar-refractivity contribution in [2.24, 2.45) is 0 Å². The second-order valence-corrected chi connectivity index (χ2v) is 6.59. The maximum absolute atomic E-state index is 6.08. The molecule has 1 heterocycles. The number of aromatic nitrogens is 2. The van der Waals surface area contributed by atoms with E-state index in [0.29, 0.717) is 28.9 Å². The summed E-state index contributed by atoms with van der Waals surface area (Å²) in [6, 6.07) is 21.2. The van der Waals surface area contributed by atoms with Gasteiger partial charge in [0.2, 0.25) is 0 Å². The van der Waals surface area contributed by atoms with Gasteiger partial charge in [0, 0.05) is 22.2 Å². The molecule has 4 aromatic rings. The lowest BCUT2D eigenvalue weighted by Crippen LogP contribution is -2.00. The van der Waals surface area contributed by atoms with Crippen LogP contribution in [0.15, 0.2) is 73.1 Å². The number of fused-ring (bicyclic) bond motifs is 1. The van der Waals surface area contributed by atoms with Gasteiger partial charge >= 0.3 is 0 Å². The van der Waals surface area contributed by atoms with Gasteiger partial charge in [-0.15, -0.1) is 0 Å². The fraction of sp³-hybridized carbons (Fsp3) is 0.0909. The Morgan fingerprint density at radius 3 is 2.57 bits per heavy atom. The molecule has 0 aliphatic rings. The summed E-state index contributed by atoms with van der Waals surface area (Å²) in [4.78, 5) is 8.74. The van der Waals surface area contributed by atoms with Crippen LogP contribution in [-0.4, -0.2) is 17.1 Å². The molecule has 0 bridgehead atoms. The summed E-state index contributed by atoms with van der Waals surface area (Å²) in [5.41, 5.74) is 2.67. The van der Waals surface area contributed by atoms with Crippen LogP contribution in [0.5, 0.6) is 11.5 Å². The van der Waals surface area contributed by atoms with Crippen molar-refractivity contribution in [1.82, 2.24) is 9.97 Å². The second kappa shape index (κ2) is 8.15. The highest BCUT2D eigenvalue weighted by molar-refractivity contribution is 6.30. The Labute approximate surface area is 167 Å². The van der Waals surface area contributed by atoms with Crippen LogP contribution in [0.25, 0.3) is 10.9 Å². The van der Waals surface area contributed by atoms with Crippen LogP contribution < -0.4 is 14.8 Å². The van der Waals surface area contributed by atoms with Crippen LogP contribution in [0.1, 0.15) is 5.56 Å². The summed E-state index contributed by atoms with van der Waals surface area (Å²) in [7, 11) is 1.61. The third-order valence-electron chi connectivity index (χ3n) is 4.25. The molecule has 140 valence electrons. The molecule has 0 saturated carbocycles. The number of methoxy groups -OCH3 is 1. The first kappa shape index (κ1) is 18.1. The quantitative estimate of drug-likeness (QED) is 0.462. The van der Waals surface area contributed by atoms with E-state index in [4.69, 9.17) is 21.1 Å². The Morgan fingerprint density at radius 2 is 1.79 bits per heavy atom. The SMILES string of the molecule is COc1cc2ncnc(Nc3cccc(Cl)c3)c2cc1OCc1ccccc1. The van der Waals surface area contributed by atoms with Gasteiger partial charge in [-0.2, -0.15) is 0 Å². The first-order valence-electron chi connectivity index (χ1n) is 8.75. The van der Waals surface area contributed by atoms with Gasteiger partial charge in [0.05, 0.1) is 12.6 Å². The standard InChI is InChI=1S/C22H18ClN3O2/c1-27-20-12-19-18(11-21(20)28-13-15-6-3-2-4-7-15)22(25-14-24-19)26-17-9-5-8-16(23)10-17/h2-12,14H,13H2,1H3,(H,24,25,26). The first-order valence-corrected chi connectivity index (χ1v) is 9.13. The summed E-state index contributed by atoms with van der Waals surface area (Å²) in [5, 5.41) is 4.77. The van der Waals surface area contributed by atoms with E-state index < -0.39 is 0 Å². The number of hydrogen-bond acceptors (Lipinski definition) is 5. The van der Waals surface area contributed by atoms with Crippen molar-refractivity contribution in [2.45, 2.75) is 6.61 Å². The minimum Gasteiger partial charge on any atom is -0.493 e. The summed E-state index contributed by atoms with van der Waals surface area (Å²) < 4.78 is 11.5. The summed E-state index contributed by atoms with van der Waals surface area (Å²) in [5.74, 6) is 1.91. The van der Waals surface area contributed by atoms with Crippen LogP contribution in [0.4, 0.5) is 11.5 Å². The number of nitrogens with zero attached hydrogens (tertiary/aromatic N) is 2. The van der Waals surface area contributed by atoms with Gasteiger partial charge in [0.25, 0.3) is 0 Å². The Bertz CT molecular complexity index is 1100. The van der Waals surface area contributed by atoms with Gasteiger partial charge in [0.15, 0.2) is 11.5 Å². The highest BCUT2D eigenvalue weighted by atomic mass is 35.5. The molecule has 0 radical (unpaired) electrons. The lowest BCUT2D eigenvalue weighted by atomic mass is 10.2. The zero-order valence-electron chi connectivity index (χ0n) is 15.2. The maximum atomic E-state index is 6.08. The maximum Gasteiger partial charge on any atom is 0.162 e. The van der Waals surface area contributed by atoms with Crippen LogP contribution in [0.3, 0.4) is 0 Å². The van der Waals surface area contributed by atoms with Crippen LogP contribution in [-0.2, 0) is 6.61 Å². The lowest BCUT2D eigenvalue weighted by molar-refractivity contribution is 0.285. The first-order chi connectivity index (χ1) is 13.7. The van der Waals surface area contributed by atoms with Gasteiger partial charge in [-0.1, -0.05) is 48.0 Å². The summed E-state index contributed by atoms with van der Waals surface area (Å²) in [6.45, 7) is 0.438. The monoisotopic (exact) mass is 391 g/mol. The van der Waals surface area contributed by atoms with Crippen molar-refractivity contribution < 1.29 is 9.47 Å². The molecule has 0 atom stereocenters. The predicted octanol–water partition coefficient (Wildman–Crippen LogP) is 5.61. The van der Waals surface area contributed by atoms with Crippen molar-refractivity contribution in [3.05, 3.63) is 83.6 Å². The molecule has 0 unspecified atom stereocenters. The number of anilines is 2. The number of benzene rings is 3. The molecular formula is C22H18ClN3O2. The summed E-state index contributed by atoms with van der Waals surface area (Å²) >= 11 is 6.08. The Balaban J connectivity index is 1.69. The van der Waals surface area contributed by atoms with Crippen LogP contribution in [0.2, 0.25) is 5.02 Å². The minimum atomic E-state index is 0.438. The van der Waals surface area contributed by atoms with E-state index in [1.165, 1.54) is 6.33 Å². The van der Waals surface area contributed by atoms with Crippen molar-refractivity contribution in [1.29, 1.82) is 0 Å². The molecule has 0 fully saturated rings. The van der Waals surface area contributed by atoms with Gasteiger partial charge in [-0.3, -0.25) is 0 Å². The molecule has 0 spiro atoms. The fourth-order valence-corrected chi connectivity index (χ4v) is 3.06. The number of rotatable bonds is 6. The molecule has 28 heavy (non-hydrogen) atoms. The van der Waals surface area contributed by atoms with Gasteiger partial charge in [0.1, 0.15) is 18.8 Å². The molecular weight excluding hydrogens is 374 g/mol. The zero-order valence-corrected chi connectivity index (χ0v) is 16.0. The van der Waals surface area contributed by atoms with E-state index in [2.05, 4.69) is 15.3 Å². The van der Waals surface area contributed by atoms with Gasteiger partial charge in [-0.25, -0.2) is 9.97 Å². The van der Waals surface area contributed by atoms with Crippen molar-refractivity contribution >= 4 is 34.0 Å². The third kappa shape index (κ3) is 4.00. The number of halogens is 1. The van der Waals surface area contributed by atoms with E-state index in [9.17, 15) is 0 Å². The second-order valence-electron chi connectivity index (χ2n) is 6.15. The third-order valence-corrected chi connectivity index (χ3v) is 4.48. The molecule has 4 rings (SSSR count). The Morgan fingerprint density at radius 1 is 0.929 bits per heavy atom. The van der Waals surface area contributed by atoms with E-state index >= 15 is 0 Å². The molecule has 1 aromatic heterocycles.